The van der Waals surface area contributed by atoms with Crippen molar-refractivity contribution in [1.82, 2.24) is 14.7 Å². The van der Waals surface area contributed by atoms with Crippen LogP contribution < -0.4 is 5.32 Å². The third-order valence-electron chi connectivity index (χ3n) is 6.30. The normalized spacial score (nSPS) is 15.3. The second-order valence-electron chi connectivity index (χ2n) is 8.83. The van der Waals surface area contributed by atoms with Gasteiger partial charge < -0.3 is 15.0 Å². The van der Waals surface area contributed by atoms with Gasteiger partial charge in [0.05, 0.1) is 24.5 Å². The van der Waals surface area contributed by atoms with Gasteiger partial charge in [-0.15, -0.1) is 0 Å². The van der Waals surface area contributed by atoms with Crippen LogP contribution in [-0.4, -0.2) is 52.3 Å². The molecule has 0 spiro atoms. The molecular weight excluding hydrogens is 428 g/mol. The summed E-state index contributed by atoms with van der Waals surface area (Å²) in [7, 11) is 0. The quantitative estimate of drug-likeness (QED) is 0.522. The molecule has 1 aliphatic heterocycles. The van der Waals surface area contributed by atoms with E-state index in [1.807, 2.05) is 73.3 Å². The van der Waals surface area contributed by atoms with Gasteiger partial charge in [-0.2, -0.15) is 5.10 Å². The van der Waals surface area contributed by atoms with Crippen LogP contribution in [0.1, 0.15) is 36.0 Å². The van der Waals surface area contributed by atoms with Crippen molar-refractivity contribution in [2.24, 2.45) is 0 Å². The second kappa shape index (κ2) is 11.1. The van der Waals surface area contributed by atoms with Crippen LogP contribution >= 0.6 is 0 Å². The summed E-state index contributed by atoms with van der Waals surface area (Å²) < 4.78 is 7.55. The number of carbonyl (C=O) groups is 2. The predicted molar refractivity (Wildman–Crippen MR) is 132 cm³/mol. The third kappa shape index (κ3) is 6.11. The summed E-state index contributed by atoms with van der Waals surface area (Å²) in [5, 5.41) is 7.38. The van der Waals surface area contributed by atoms with Gasteiger partial charge in [-0.3, -0.25) is 9.59 Å². The van der Waals surface area contributed by atoms with E-state index in [1.165, 1.54) is 0 Å². The summed E-state index contributed by atoms with van der Waals surface area (Å²) in [6.07, 6.45) is 6.49. The van der Waals surface area contributed by atoms with Gasteiger partial charge in [-0.1, -0.05) is 30.3 Å². The van der Waals surface area contributed by atoms with Gasteiger partial charge in [0.2, 0.25) is 11.8 Å². The van der Waals surface area contributed by atoms with Crippen molar-refractivity contribution in [3.05, 3.63) is 77.6 Å². The van der Waals surface area contributed by atoms with E-state index in [4.69, 9.17) is 4.74 Å². The van der Waals surface area contributed by atoms with Gasteiger partial charge in [0.15, 0.2) is 0 Å². The van der Waals surface area contributed by atoms with E-state index >= 15 is 0 Å². The molecule has 0 radical (unpaired) electrons. The van der Waals surface area contributed by atoms with Crippen molar-refractivity contribution in [2.45, 2.75) is 45.6 Å². The lowest BCUT2D eigenvalue weighted by Gasteiger charge is -2.25. The number of anilines is 1. The molecule has 1 atom stereocenters. The molecule has 4 rings (SSSR count). The van der Waals surface area contributed by atoms with Crippen molar-refractivity contribution >= 4 is 17.5 Å². The summed E-state index contributed by atoms with van der Waals surface area (Å²) >= 11 is 0. The topological polar surface area (TPSA) is 76.5 Å². The van der Waals surface area contributed by atoms with E-state index in [-0.39, 0.29) is 24.5 Å². The number of amides is 2. The SMILES string of the molecule is Cc1cccc(NC(=O)CN(CC2CCCO2)C(=O)CCc2cnn(-c3ccccc3)c2)c1C. The minimum atomic E-state index is -0.197. The number of aryl methyl sites for hydroxylation is 2. The minimum Gasteiger partial charge on any atom is -0.376 e. The number of nitrogens with one attached hydrogen (secondary N) is 1. The van der Waals surface area contributed by atoms with E-state index in [9.17, 15) is 9.59 Å². The number of para-hydroxylation sites is 1. The van der Waals surface area contributed by atoms with Crippen LogP contribution in [0, 0.1) is 13.8 Å². The molecule has 3 aromatic rings. The molecule has 1 N–H and O–H groups in total. The number of hydrogen-bond acceptors (Lipinski definition) is 4. The summed E-state index contributed by atoms with van der Waals surface area (Å²) in [5.41, 5.74) is 4.88. The molecule has 0 saturated carbocycles. The van der Waals surface area contributed by atoms with Gasteiger partial charge in [0.25, 0.3) is 0 Å². The summed E-state index contributed by atoms with van der Waals surface area (Å²) in [5.74, 6) is -0.254. The second-order valence-corrected chi connectivity index (χ2v) is 8.83. The van der Waals surface area contributed by atoms with Crippen molar-refractivity contribution < 1.29 is 14.3 Å². The van der Waals surface area contributed by atoms with E-state index in [1.54, 1.807) is 11.1 Å². The van der Waals surface area contributed by atoms with Gasteiger partial charge in [0.1, 0.15) is 0 Å². The van der Waals surface area contributed by atoms with Crippen LogP contribution in [-0.2, 0) is 20.7 Å². The van der Waals surface area contributed by atoms with Gasteiger partial charge in [0, 0.05) is 31.5 Å². The van der Waals surface area contributed by atoms with Crippen LogP contribution in [0.15, 0.2) is 60.9 Å². The number of benzene rings is 2. The molecule has 34 heavy (non-hydrogen) atoms. The fraction of sp³-hybridized carbons (Fsp3) is 0.370. The Balaban J connectivity index is 1.38. The van der Waals surface area contributed by atoms with Crippen LogP contribution in [0.25, 0.3) is 5.69 Å². The number of rotatable bonds is 9. The zero-order valence-electron chi connectivity index (χ0n) is 19.9. The molecule has 1 unspecified atom stereocenters. The third-order valence-corrected chi connectivity index (χ3v) is 6.30. The van der Waals surface area contributed by atoms with E-state index in [0.29, 0.717) is 26.0 Å². The van der Waals surface area contributed by atoms with Crippen molar-refractivity contribution in [3.8, 4) is 5.69 Å². The monoisotopic (exact) mass is 460 g/mol. The van der Waals surface area contributed by atoms with Crippen molar-refractivity contribution in [1.29, 1.82) is 0 Å². The molecule has 2 aromatic carbocycles. The highest BCUT2D eigenvalue weighted by molar-refractivity contribution is 5.95. The highest BCUT2D eigenvalue weighted by Crippen LogP contribution is 2.19. The maximum absolute atomic E-state index is 13.2. The van der Waals surface area contributed by atoms with Gasteiger partial charge in [-0.25, -0.2) is 4.68 Å². The molecule has 7 nitrogen and oxygen atoms in total. The Bertz CT molecular complexity index is 1120. The molecule has 0 aliphatic carbocycles. The summed E-state index contributed by atoms with van der Waals surface area (Å²) in [6, 6.07) is 15.7. The molecule has 2 amide bonds. The van der Waals surface area contributed by atoms with Crippen LogP contribution in [0.4, 0.5) is 5.69 Å². The Kier molecular flexibility index (Phi) is 7.75. The lowest BCUT2D eigenvalue weighted by Crippen LogP contribution is -2.42. The number of carbonyl (C=O) groups excluding carboxylic acids is 2. The Hall–Kier alpha value is -3.45. The van der Waals surface area contributed by atoms with Gasteiger partial charge >= 0.3 is 0 Å². The minimum absolute atomic E-state index is 0.00928. The van der Waals surface area contributed by atoms with Crippen molar-refractivity contribution in [3.63, 3.8) is 0 Å². The number of ether oxygens (including phenoxy) is 1. The molecule has 178 valence electrons. The maximum Gasteiger partial charge on any atom is 0.244 e. The number of nitrogens with zero attached hydrogens (tertiary/aromatic N) is 3. The molecule has 2 heterocycles. The number of hydrogen-bond donors (Lipinski definition) is 1. The first-order valence-corrected chi connectivity index (χ1v) is 11.8. The Morgan fingerprint density at radius 2 is 1.97 bits per heavy atom. The predicted octanol–water partition coefficient (Wildman–Crippen LogP) is 4.07. The maximum atomic E-state index is 13.2. The lowest BCUT2D eigenvalue weighted by molar-refractivity contribution is -0.136. The van der Waals surface area contributed by atoms with Gasteiger partial charge in [-0.05, 0) is 68.0 Å². The molecule has 0 bridgehead atoms. The smallest absolute Gasteiger partial charge is 0.244 e. The first-order valence-electron chi connectivity index (χ1n) is 11.8. The summed E-state index contributed by atoms with van der Waals surface area (Å²) in [4.78, 5) is 27.6. The first kappa shape index (κ1) is 23.7. The average molecular weight is 461 g/mol. The van der Waals surface area contributed by atoms with Crippen molar-refractivity contribution in [2.75, 3.05) is 25.0 Å². The molecule has 7 heteroatoms. The first-order chi connectivity index (χ1) is 16.5. The van der Waals surface area contributed by atoms with Crippen LogP contribution in [0.3, 0.4) is 0 Å². The Morgan fingerprint density at radius 1 is 1.15 bits per heavy atom. The standard InChI is InChI=1S/C27H32N4O3/c1-20-8-6-12-25(21(20)2)29-26(32)19-30(18-24-11-7-15-34-24)27(33)14-13-22-16-28-31(17-22)23-9-4-3-5-10-23/h3-6,8-10,12,16-17,24H,7,11,13-15,18-19H2,1-2H3,(H,29,32). The largest absolute Gasteiger partial charge is 0.376 e. The van der Waals surface area contributed by atoms with Crippen LogP contribution in [0.5, 0.6) is 0 Å². The lowest BCUT2D eigenvalue weighted by atomic mass is 10.1. The van der Waals surface area contributed by atoms with Crippen LogP contribution in [0.2, 0.25) is 0 Å². The highest BCUT2D eigenvalue weighted by Gasteiger charge is 2.24. The molecule has 1 saturated heterocycles. The Morgan fingerprint density at radius 3 is 2.74 bits per heavy atom. The van der Waals surface area contributed by atoms with E-state index in [2.05, 4.69) is 10.4 Å². The zero-order valence-corrected chi connectivity index (χ0v) is 19.9. The molecule has 1 aliphatic rings. The zero-order chi connectivity index (χ0) is 23.9. The molecule has 1 fully saturated rings. The van der Waals surface area contributed by atoms with E-state index < -0.39 is 0 Å². The fourth-order valence-electron chi connectivity index (χ4n) is 4.16. The number of aromatic nitrogens is 2. The Labute approximate surface area is 200 Å². The van der Waals surface area contributed by atoms with E-state index in [0.717, 1.165) is 40.9 Å². The molecular formula is C27H32N4O3. The fourth-order valence-corrected chi connectivity index (χ4v) is 4.16. The highest BCUT2D eigenvalue weighted by atomic mass is 16.5. The molecule has 1 aromatic heterocycles. The average Bonchev–Trinajstić information content (AvgIpc) is 3.53. The summed E-state index contributed by atoms with van der Waals surface area (Å²) in [6.45, 7) is 5.14.